The van der Waals surface area contributed by atoms with Crippen LogP contribution in [0.3, 0.4) is 0 Å². The number of methoxy groups -OCH3 is 1. The number of amides is 1. The van der Waals surface area contributed by atoms with Crippen LogP contribution in [-0.2, 0) is 4.79 Å². The van der Waals surface area contributed by atoms with Crippen molar-refractivity contribution in [2.45, 2.75) is 6.92 Å². The summed E-state index contributed by atoms with van der Waals surface area (Å²) in [5.41, 5.74) is 2.27. The number of ether oxygens (including phenoxy) is 3. The third kappa shape index (κ3) is 5.32. The lowest BCUT2D eigenvalue weighted by atomic mass is 10.1. The first-order chi connectivity index (χ1) is 18.9. The van der Waals surface area contributed by atoms with Gasteiger partial charge in [0.25, 0.3) is 5.91 Å². The molecule has 39 heavy (non-hydrogen) atoms. The van der Waals surface area contributed by atoms with Crippen molar-refractivity contribution in [3.63, 3.8) is 0 Å². The summed E-state index contributed by atoms with van der Waals surface area (Å²) in [7, 11) is 1.54. The maximum absolute atomic E-state index is 13.4. The molecule has 196 valence electrons. The van der Waals surface area contributed by atoms with E-state index in [1.165, 1.54) is 37.1 Å². The number of carbonyl (C=O) groups excluding carboxylic acids is 2. The minimum Gasteiger partial charge on any atom is -0.497 e. The average Bonchev–Trinajstić information content (AvgIpc) is 3.36. The molecule has 0 spiro atoms. The molecular weight excluding hydrogens is 521 g/mol. The van der Waals surface area contributed by atoms with E-state index in [4.69, 9.17) is 19.6 Å². The number of thioether (sulfide) groups is 1. The molecule has 1 amide bonds. The molecule has 0 saturated carbocycles. The van der Waals surface area contributed by atoms with E-state index in [1.54, 1.807) is 71.8 Å². The Hall–Kier alpha value is -4.70. The van der Waals surface area contributed by atoms with Crippen molar-refractivity contribution >= 4 is 46.4 Å². The van der Waals surface area contributed by atoms with Crippen LogP contribution in [0, 0.1) is 11.2 Å². The predicted molar refractivity (Wildman–Crippen MR) is 148 cm³/mol. The maximum Gasteiger partial charge on any atom is 0.343 e. The van der Waals surface area contributed by atoms with Gasteiger partial charge in [0.15, 0.2) is 16.7 Å². The van der Waals surface area contributed by atoms with Crippen LogP contribution in [0.1, 0.15) is 28.4 Å². The molecule has 3 aromatic rings. The Morgan fingerprint density at radius 3 is 2.51 bits per heavy atom. The second-order valence-electron chi connectivity index (χ2n) is 8.33. The summed E-state index contributed by atoms with van der Waals surface area (Å²) in [5, 5.41) is 10.9. The van der Waals surface area contributed by atoms with Crippen molar-refractivity contribution in [1.29, 1.82) is 5.41 Å². The highest BCUT2D eigenvalue weighted by Crippen LogP contribution is 2.38. The van der Waals surface area contributed by atoms with E-state index >= 15 is 0 Å². The van der Waals surface area contributed by atoms with Gasteiger partial charge in [0.1, 0.15) is 17.4 Å². The zero-order valence-electron chi connectivity index (χ0n) is 20.9. The van der Waals surface area contributed by atoms with Gasteiger partial charge in [-0.2, -0.15) is 4.99 Å². The van der Waals surface area contributed by atoms with Crippen LogP contribution in [-0.4, -0.2) is 41.5 Å². The third-order valence-corrected chi connectivity index (χ3v) is 6.69. The number of carbonyl (C=O) groups is 2. The smallest absolute Gasteiger partial charge is 0.343 e. The number of benzene rings is 3. The number of fused-ring (bicyclic) bond motifs is 1. The number of halogens is 1. The van der Waals surface area contributed by atoms with Gasteiger partial charge >= 0.3 is 5.97 Å². The summed E-state index contributed by atoms with van der Waals surface area (Å²) in [6.07, 6.45) is 1.54. The van der Waals surface area contributed by atoms with Crippen molar-refractivity contribution in [2.75, 3.05) is 13.7 Å². The SMILES string of the molecule is CCOc1cc(/C=C2/C(=N)N3C(c4ccc(F)cc4)=CSC3=NC2=O)ccc1OC(=O)c1ccc(OC)cc1. The number of hydrogen-bond donors (Lipinski definition) is 1. The Morgan fingerprint density at radius 2 is 1.82 bits per heavy atom. The lowest BCUT2D eigenvalue weighted by Crippen LogP contribution is -2.38. The Morgan fingerprint density at radius 1 is 1.08 bits per heavy atom. The molecule has 0 atom stereocenters. The van der Waals surface area contributed by atoms with Crippen LogP contribution in [0.5, 0.6) is 17.2 Å². The number of amidine groups is 2. The van der Waals surface area contributed by atoms with Crippen molar-refractivity contribution in [3.05, 3.63) is 100 Å². The first-order valence-electron chi connectivity index (χ1n) is 11.9. The molecule has 2 aliphatic heterocycles. The molecule has 0 fully saturated rings. The lowest BCUT2D eigenvalue weighted by Gasteiger charge is -2.27. The first-order valence-corrected chi connectivity index (χ1v) is 12.8. The van der Waals surface area contributed by atoms with Crippen LogP contribution in [0.4, 0.5) is 4.39 Å². The number of rotatable bonds is 7. The zero-order chi connectivity index (χ0) is 27.5. The highest BCUT2D eigenvalue weighted by atomic mass is 32.2. The fourth-order valence-electron chi connectivity index (χ4n) is 3.95. The molecule has 0 unspecified atom stereocenters. The van der Waals surface area contributed by atoms with Crippen molar-refractivity contribution in [2.24, 2.45) is 4.99 Å². The van der Waals surface area contributed by atoms with E-state index in [-0.39, 0.29) is 23.0 Å². The molecule has 0 radical (unpaired) electrons. The number of aliphatic imine (C=N–C) groups is 1. The van der Waals surface area contributed by atoms with Gasteiger partial charge in [-0.05, 0) is 84.8 Å². The number of esters is 1. The summed E-state index contributed by atoms with van der Waals surface area (Å²) in [6.45, 7) is 2.11. The van der Waals surface area contributed by atoms with Gasteiger partial charge in [-0.15, -0.1) is 0 Å². The van der Waals surface area contributed by atoms with Crippen LogP contribution < -0.4 is 14.2 Å². The fourth-order valence-corrected chi connectivity index (χ4v) is 4.83. The fraction of sp³-hybridized carbons (Fsp3) is 0.103. The van der Waals surface area contributed by atoms with E-state index < -0.39 is 11.9 Å². The standard InChI is InChI=1S/C29H22FN3O5S/c1-3-37-25-15-17(4-13-24(25)38-28(35)19-7-11-21(36-2)12-8-19)14-22-26(31)33-23(16-39-29(33)32-27(22)34)18-5-9-20(30)10-6-18/h4-16,31H,3H2,1-2H3/b22-14-,31-26?. The predicted octanol–water partition coefficient (Wildman–Crippen LogP) is 5.76. The zero-order valence-corrected chi connectivity index (χ0v) is 21.8. The molecule has 0 aromatic heterocycles. The number of nitrogens with one attached hydrogen (secondary N) is 1. The molecule has 3 aromatic carbocycles. The molecular formula is C29H22FN3O5S. The van der Waals surface area contributed by atoms with Crippen LogP contribution in [0.15, 0.2) is 82.7 Å². The largest absolute Gasteiger partial charge is 0.497 e. The summed E-state index contributed by atoms with van der Waals surface area (Å²) < 4.78 is 29.8. The first kappa shape index (κ1) is 25.9. The monoisotopic (exact) mass is 543 g/mol. The van der Waals surface area contributed by atoms with E-state index in [0.717, 1.165) is 0 Å². The van der Waals surface area contributed by atoms with Crippen molar-refractivity contribution in [1.82, 2.24) is 4.90 Å². The molecule has 0 saturated heterocycles. The van der Waals surface area contributed by atoms with Crippen molar-refractivity contribution in [3.8, 4) is 17.2 Å². The minimum absolute atomic E-state index is 0.0569. The summed E-state index contributed by atoms with van der Waals surface area (Å²) in [4.78, 5) is 31.2. The minimum atomic E-state index is -0.567. The van der Waals surface area contributed by atoms with E-state index in [1.807, 2.05) is 0 Å². The quantitative estimate of drug-likeness (QED) is 0.230. The van der Waals surface area contributed by atoms with Crippen LogP contribution in [0.25, 0.3) is 11.8 Å². The Bertz CT molecular complexity index is 1560. The van der Waals surface area contributed by atoms with Gasteiger partial charge in [-0.25, -0.2) is 9.18 Å². The normalized spacial score (nSPS) is 15.6. The molecule has 10 heteroatoms. The van der Waals surface area contributed by atoms with Gasteiger partial charge < -0.3 is 14.2 Å². The maximum atomic E-state index is 13.4. The van der Waals surface area contributed by atoms with E-state index in [2.05, 4.69) is 4.99 Å². The molecule has 2 aliphatic rings. The van der Waals surface area contributed by atoms with Crippen LogP contribution >= 0.6 is 11.8 Å². The van der Waals surface area contributed by atoms with Gasteiger partial charge in [-0.3, -0.25) is 15.1 Å². The highest BCUT2D eigenvalue weighted by Gasteiger charge is 2.36. The average molecular weight is 544 g/mol. The molecule has 5 rings (SSSR count). The molecule has 1 N–H and O–H groups in total. The number of hydrogen-bond acceptors (Lipinski definition) is 7. The van der Waals surface area contributed by atoms with Crippen LogP contribution in [0.2, 0.25) is 0 Å². The third-order valence-electron chi connectivity index (χ3n) is 5.86. The van der Waals surface area contributed by atoms with E-state index in [0.29, 0.717) is 45.7 Å². The van der Waals surface area contributed by atoms with Gasteiger partial charge in [0.2, 0.25) is 0 Å². The second kappa shape index (κ2) is 11.0. The van der Waals surface area contributed by atoms with Gasteiger partial charge in [0, 0.05) is 5.41 Å². The summed E-state index contributed by atoms with van der Waals surface area (Å²) in [5.74, 6) is -0.418. The topological polar surface area (TPSA) is 101 Å². The van der Waals surface area contributed by atoms with Crippen molar-refractivity contribution < 1.29 is 28.2 Å². The number of nitrogens with zero attached hydrogens (tertiary/aromatic N) is 2. The van der Waals surface area contributed by atoms with Gasteiger partial charge in [0.05, 0.1) is 30.6 Å². The second-order valence-corrected chi connectivity index (χ2v) is 9.16. The summed E-state index contributed by atoms with van der Waals surface area (Å²) >= 11 is 1.22. The molecule has 8 nitrogen and oxygen atoms in total. The Labute approximate surface area is 227 Å². The molecule has 0 aliphatic carbocycles. The molecule has 2 heterocycles. The highest BCUT2D eigenvalue weighted by molar-refractivity contribution is 8.17. The Kier molecular flexibility index (Phi) is 7.29. The van der Waals surface area contributed by atoms with E-state index in [9.17, 15) is 14.0 Å². The lowest BCUT2D eigenvalue weighted by molar-refractivity contribution is -0.114. The Balaban J connectivity index is 1.41. The molecule has 0 bridgehead atoms. The summed E-state index contributed by atoms with van der Waals surface area (Å²) in [6, 6.07) is 17.3. The van der Waals surface area contributed by atoms with Gasteiger partial charge in [-0.1, -0.05) is 17.8 Å².